The maximum absolute atomic E-state index is 13.1. The molecule has 1 aliphatic rings. The van der Waals surface area contributed by atoms with Crippen LogP contribution in [0.5, 0.6) is 5.75 Å². The molecule has 0 saturated heterocycles. The molecule has 0 aromatic heterocycles. The lowest BCUT2D eigenvalue weighted by Gasteiger charge is -2.52. The van der Waals surface area contributed by atoms with Gasteiger partial charge < -0.3 is 4.74 Å². The zero-order valence-corrected chi connectivity index (χ0v) is 86.9. The second kappa shape index (κ2) is 43.0. The Bertz CT molecular complexity index is 2770. The van der Waals surface area contributed by atoms with Gasteiger partial charge in [0.05, 0.1) is 10.3 Å². The number of carbonyl (C=O) groups is 1. The minimum absolute atomic E-state index is 0.0224. The Kier molecular flexibility index (Phi) is 46.2. The Morgan fingerprint density at radius 2 is 1.01 bits per heavy atom. The van der Waals surface area contributed by atoms with Crippen LogP contribution in [0, 0.1) is 0 Å². The molecule has 4 aromatic carbocycles. The smallest absolute Gasteiger partial charge is 0.329 e. The van der Waals surface area contributed by atoms with Crippen LogP contribution in [0.1, 0.15) is 31.9 Å². The zero-order chi connectivity index (χ0) is 61.2. The molecule has 6 nitrogen and oxygen atoms in total. The van der Waals surface area contributed by atoms with Crippen LogP contribution in [0.25, 0.3) is 16.8 Å². The van der Waals surface area contributed by atoms with Crippen molar-refractivity contribution in [1.29, 1.82) is 0 Å². The molecular formula is C32H73BN2O4P41S+. The van der Waals surface area contributed by atoms with E-state index in [-0.39, 0.29) is 143 Å². The Hall–Kier alpha value is 13.6. The fourth-order valence-electron chi connectivity index (χ4n) is 7.48. The van der Waals surface area contributed by atoms with E-state index in [9.17, 15) is 13.2 Å². The van der Waals surface area contributed by atoms with Crippen LogP contribution < -0.4 is 9.46 Å². The maximum atomic E-state index is 13.1. The quantitative estimate of drug-likeness (QED) is 0.0212. The van der Waals surface area contributed by atoms with Crippen molar-refractivity contribution < 1.29 is 22.5 Å². The second-order valence-corrected chi connectivity index (χ2v) is 185. The molecule has 0 fully saturated rings. The van der Waals surface area contributed by atoms with Crippen molar-refractivity contribution in [3.8, 4) is 5.75 Å². The fourth-order valence-corrected chi connectivity index (χ4v) is 554. The van der Waals surface area contributed by atoms with E-state index < -0.39 is 22.0 Å². The van der Waals surface area contributed by atoms with Gasteiger partial charge in [-0.2, -0.15) is 9.30 Å². The minimum atomic E-state index is -3.88. The van der Waals surface area contributed by atoms with Crippen LogP contribution >= 0.6 is 327 Å². The number of rotatable bonds is 27. The largest absolute Gasteiger partial charge is 0.425 e. The van der Waals surface area contributed by atoms with Gasteiger partial charge in [-0.05, 0) is 197 Å². The molecule has 1 N–H and O–H groups in total. The van der Waals surface area contributed by atoms with Crippen molar-refractivity contribution in [1.82, 2.24) is 4.72 Å². The average Bonchev–Trinajstić information content (AvgIpc) is 3.56. The van der Waals surface area contributed by atoms with Gasteiger partial charge in [0.2, 0.25) is 15.7 Å². The molecule has 0 spiro atoms. The number of fused-ring (bicyclic) bond motifs is 2. The lowest BCUT2D eigenvalue weighted by molar-refractivity contribution is -0.401. The van der Waals surface area contributed by atoms with E-state index >= 15 is 0 Å². The fraction of sp³-hybridized carbons (Fsp3) is 0.188. The summed E-state index contributed by atoms with van der Waals surface area (Å²) in [6.45, 7) is 3.98. The summed E-state index contributed by atoms with van der Waals surface area (Å²) >= 11 is 0. The second-order valence-electron chi connectivity index (χ2n) is 16.7. The standard InChI is InChI=1S/C32H31N2O4S.BH42P41/c1-22(33-39(36,37)24-13-6-5-7-14-24)31(35)38-29-20-18-23-12-8-9-15-25(23)26(29)19-21-30-32(2,3)27-16-10-11-17-28(27)34(30)4;1-22-34(24(2)3)41(33(20)21)36(42(39(29(12)13)30(14)15)40(31(16)17)32(18)19)23-35(37(25(4)5)26(6)7)38(27(8)9)28(10)11/h5-22,33H,1-4H3;22-23H,2-21H2/q+1;/b21-19+;. The molecule has 448 valence electrons. The molecule has 81 heavy (non-hydrogen) atoms. The number of carbonyl (C=O) groups excluding carboxylic acids is 1. The van der Waals surface area contributed by atoms with E-state index in [2.05, 4.69) is 233 Å². The predicted octanol–water partition coefficient (Wildman–Crippen LogP) is 29.5. The van der Waals surface area contributed by atoms with E-state index in [1.165, 1.54) is 32.6 Å². The topological polar surface area (TPSA) is 75.5 Å². The first-order valence-electron chi connectivity index (χ1n) is 22.3. The molecular weight excluding hydrogens is 1790 g/mol. The van der Waals surface area contributed by atoms with E-state index in [0.29, 0.717) is 13.9 Å². The maximum Gasteiger partial charge on any atom is 0.329 e. The van der Waals surface area contributed by atoms with E-state index in [0.717, 1.165) is 27.7 Å². The number of allylic oxidation sites excluding steroid dienone is 1. The Labute approximate surface area is 558 Å². The molecule has 49 heteroatoms. The highest BCUT2D eigenvalue weighted by Gasteiger charge is 2.51. The highest BCUT2D eigenvalue weighted by atomic mass is 33.5. The molecule has 0 saturated carbocycles. The van der Waals surface area contributed by atoms with Gasteiger partial charge in [0.15, 0.2) is 5.71 Å². The first kappa shape index (κ1) is 87.0. The Balaban J connectivity index is 0.000000349. The summed E-state index contributed by atoms with van der Waals surface area (Å²) in [5.41, 5.74) is 4.04. The third-order valence-corrected chi connectivity index (χ3v) is 289. The molecule has 0 amide bonds. The third kappa shape index (κ3) is 25.8. The van der Waals surface area contributed by atoms with Crippen LogP contribution in [-0.2, 0) is 20.2 Å². The number of para-hydroxylation sites is 1. The van der Waals surface area contributed by atoms with Crippen LogP contribution in [-0.4, -0.2) is 45.3 Å². The molecule has 4 aromatic rings. The summed E-state index contributed by atoms with van der Waals surface area (Å²) in [5.74, 6) is -0.338. The first-order valence-corrected chi connectivity index (χ1v) is 98.3. The highest BCUT2D eigenvalue weighted by molar-refractivity contribution is 9.44. The van der Waals surface area contributed by atoms with Crippen LogP contribution in [0.2, 0.25) is 0 Å². The number of esters is 1. The van der Waals surface area contributed by atoms with Gasteiger partial charge in [-0.1, -0.05) is 66.7 Å². The SMILES string of the molecule is CC(NS(=O)(=O)c1ccccc1)C(=O)Oc1ccc2ccccc2c1/C=C/C1=[N+](C)c2ccccc2C1(C)C.[B]PP(P(P)P)P(P(P)P)P(PP(P(P(P)P)P(P)P)P(P(P)P)P(P)P)P(P(P(P)P)P(P)P)P(P(P)P)P(P)P. The van der Waals surface area contributed by atoms with Gasteiger partial charge in [-0.25, -0.2) is 13.2 Å². The van der Waals surface area contributed by atoms with Crippen molar-refractivity contribution in [2.45, 2.75) is 37.1 Å². The monoisotopic (exact) mass is 1860 g/mol. The highest BCUT2D eigenvalue weighted by Crippen LogP contribution is 3.39. The number of benzene rings is 4. The molecule has 0 aliphatic carbocycles. The molecule has 0 bridgehead atoms. The van der Waals surface area contributed by atoms with Crippen molar-refractivity contribution in [3.63, 3.8) is 0 Å². The number of sulfonamides is 1. The lowest BCUT2D eigenvalue weighted by Crippen LogP contribution is -2.40. The lowest BCUT2D eigenvalue weighted by atomic mass is 9.81. The molecule has 2 radical (unpaired) electrons. The third-order valence-electron chi connectivity index (χ3n) is 10.8. The first-order chi connectivity index (χ1) is 37.7. The summed E-state index contributed by atoms with van der Waals surface area (Å²) in [6, 6.07) is 26.7. The minimum Gasteiger partial charge on any atom is -0.425 e. The van der Waals surface area contributed by atoms with Gasteiger partial charge in [-0.3, -0.25) is 0 Å². The van der Waals surface area contributed by atoms with Crippen molar-refractivity contribution in [3.05, 3.63) is 108 Å². The molecule has 26 unspecified atom stereocenters. The summed E-state index contributed by atoms with van der Waals surface area (Å²) in [6.07, 6.45) is 4.05. The summed E-state index contributed by atoms with van der Waals surface area (Å²) in [7, 11) is 73.9. The number of ether oxygens (including phenoxy) is 1. The van der Waals surface area contributed by atoms with E-state index in [1.54, 1.807) is 24.3 Å². The van der Waals surface area contributed by atoms with Crippen molar-refractivity contribution >= 4 is 379 Å². The predicted molar refractivity (Wildman–Crippen MR) is 503 cm³/mol. The number of hydrogen-bond acceptors (Lipinski definition) is 4. The van der Waals surface area contributed by atoms with Crippen LogP contribution in [0.3, 0.4) is 0 Å². The average molecular weight is 1860 g/mol. The molecule has 26 atom stereocenters. The van der Waals surface area contributed by atoms with E-state index in [1.807, 2.05) is 42.5 Å². The van der Waals surface area contributed by atoms with Gasteiger partial charge in [0, 0.05) is 23.3 Å². The summed E-state index contributed by atoms with van der Waals surface area (Å²) in [4.78, 5) is 13.2. The molecule has 5 rings (SSSR count). The van der Waals surface area contributed by atoms with Crippen LogP contribution in [0.15, 0.2) is 102 Å². The normalized spacial score (nSPS) is 16.1. The van der Waals surface area contributed by atoms with Gasteiger partial charge in [0.25, 0.3) is 0 Å². The van der Waals surface area contributed by atoms with Crippen LogP contribution in [0.4, 0.5) is 5.69 Å². The van der Waals surface area contributed by atoms with Crippen molar-refractivity contribution in [2.75, 3.05) is 7.05 Å². The Morgan fingerprint density at radius 1 is 0.568 bits per heavy atom. The van der Waals surface area contributed by atoms with E-state index in [4.69, 9.17) is 12.3 Å². The Morgan fingerprint density at radius 3 is 1.47 bits per heavy atom. The summed E-state index contributed by atoms with van der Waals surface area (Å²) in [5, 5.41) is 1.93. The zero-order valence-electron chi connectivity index (χ0n) is 44.0. The van der Waals surface area contributed by atoms with Gasteiger partial charge in [0.1, 0.15) is 26.4 Å². The number of nitrogens with one attached hydrogen (secondary N) is 1. The summed E-state index contributed by atoms with van der Waals surface area (Å²) < 4.78 is 35.9. The van der Waals surface area contributed by atoms with Gasteiger partial charge >= 0.3 is 5.97 Å². The number of hydrogen-bond donors (Lipinski definition) is 1. The molecule has 1 aliphatic heterocycles. The van der Waals surface area contributed by atoms with Gasteiger partial charge in [-0.15, -0.1) is 187 Å². The molecule has 1 heterocycles. The number of nitrogens with zero attached hydrogens (tertiary/aromatic N) is 1. The van der Waals surface area contributed by atoms with Crippen molar-refractivity contribution in [2.24, 2.45) is 0 Å².